The van der Waals surface area contributed by atoms with Gasteiger partial charge in [-0.1, -0.05) is 0 Å². The molecule has 2 N–H and O–H groups in total. The average Bonchev–Trinajstić information content (AvgIpc) is 3.17. The van der Waals surface area contributed by atoms with Gasteiger partial charge < -0.3 is 29.3 Å². The third kappa shape index (κ3) is 5.04. The van der Waals surface area contributed by atoms with Crippen molar-refractivity contribution >= 4 is 23.0 Å². The SMILES string of the molecule is FC(F)Oc1ccc(NC(=S)N2CC[NH+](Cc3ccc4c(c3)OCO4)CC2)cc1. The van der Waals surface area contributed by atoms with Gasteiger partial charge in [-0.2, -0.15) is 8.78 Å². The summed E-state index contributed by atoms with van der Waals surface area (Å²) in [6.45, 7) is 2.02. The molecule has 2 aromatic rings. The molecule has 0 bridgehead atoms. The fraction of sp³-hybridized carbons (Fsp3) is 0.350. The van der Waals surface area contributed by atoms with Gasteiger partial charge >= 0.3 is 6.61 Å². The van der Waals surface area contributed by atoms with Gasteiger partial charge in [0.25, 0.3) is 0 Å². The molecule has 0 unspecified atom stereocenters. The molecule has 0 amide bonds. The second-order valence-electron chi connectivity index (χ2n) is 6.93. The van der Waals surface area contributed by atoms with Gasteiger partial charge in [-0.25, -0.2) is 0 Å². The minimum absolute atomic E-state index is 0.122. The highest BCUT2D eigenvalue weighted by atomic mass is 32.1. The van der Waals surface area contributed by atoms with Gasteiger partial charge in [-0.05, 0) is 54.7 Å². The third-order valence-electron chi connectivity index (χ3n) is 4.98. The van der Waals surface area contributed by atoms with Crippen molar-refractivity contribution in [2.75, 3.05) is 38.3 Å². The quantitative estimate of drug-likeness (QED) is 0.720. The van der Waals surface area contributed by atoms with Crippen molar-refractivity contribution in [3.8, 4) is 17.2 Å². The van der Waals surface area contributed by atoms with Gasteiger partial charge in [0, 0.05) is 11.3 Å². The van der Waals surface area contributed by atoms with Crippen LogP contribution < -0.4 is 24.4 Å². The summed E-state index contributed by atoms with van der Waals surface area (Å²) in [6, 6.07) is 12.4. The minimum atomic E-state index is -2.83. The number of quaternary nitrogens is 1. The Bertz CT molecular complexity index is 859. The summed E-state index contributed by atoms with van der Waals surface area (Å²) in [5.74, 6) is 1.74. The second-order valence-corrected chi connectivity index (χ2v) is 7.32. The summed E-state index contributed by atoms with van der Waals surface area (Å²) < 4.78 is 39.6. The highest BCUT2D eigenvalue weighted by molar-refractivity contribution is 7.80. The van der Waals surface area contributed by atoms with E-state index >= 15 is 0 Å². The van der Waals surface area contributed by atoms with E-state index in [-0.39, 0.29) is 12.5 Å². The lowest BCUT2D eigenvalue weighted by atomic mass is 10.1. The van der Waals surface area contributed by atoms with Gasteiger partial charge in [0.15, 0.2) is 16.6 Å². The van der Waals surface area contributed by atoms with E-state index in [2.05, 4.69) is 27.1 Å². The van der Waals surface area contributed by atoms with Crippen LogP contribution in [0.2, 0.25) is 0 Å². The number of nitrogens with one attached hydrogen (secondary N) is 2. The predicted molar refractivity (Wildman–Crippen MR) is 108 cm³/mol. The van der Waals surface area contributed by atoms with Gasteiger partial charge in [-0.3, -0.25) is 0 Å². The van der Waals surface area contributed by atoms with Crippen LogP contribution in [0.15, 0.2) is 42.5 Å². The molecule has 2 aliphatic heterocycles. The number of nitrogens with zero attached hydrogens (tertiary/aromatic N) is 1. The summed E-state index contributed by atoms with van der Waals surface area (Å²) in [7, 11) is 0. The Balaban J connectivity index is 1.25. The number of thiocarbonyl (C=S) groups is 1. The first kappa shape index (κ1) is 19.7. The first-order valence-electron chi connectivity index (χ1n) is 9.40. The maximum absolute atomic E-state index is 12.2. The van der Waals surface area contributed by atoms with Gasteiger partial charge in [0.1, 0.15) is 12.3 Å². The molecule has 1 saturated heterocycles. The lowest BCUT2D eigenvalue weighted by molar-refractivity contribution is -0.917. The number of ether oxygens (including phenoxy) is 3. The van der Waals surface area contributed by atoms with E-state index in [1.54, 1.807) is 12.1 Å². The summed E-state index contributed by atoms with van der Waals surface area (Å²) >= 11 is 5.51. The molecule has 0 radical (unpaired) electrons. The van der Waals surface area contributed by atoms with Crippen LogP contribution in [-0.2, 0) is 6.54 Å². The number of anilines is 1. The highest BCUT2D eigenvalue weighted by Gasteiger charge is 2.23. The maximum Gasteiger partial charge on any atom is 0.387 e. The molecule has 0 aliphatic carbocycles. The molecule has 0 spiro atoms. The average molecular weight is 422 g/mol. The van der Waals surface area contributed by atoms with Crippen molar-refractivity contribution in [1.29, 1.82) is 0 Å². The molecule has 2 heterocycles. The summed E-state index contributed by atoms with van der Waals surface area (Å²) in [5, 5.41) is 3.79. The second kappa shape index (κ2) is 8.79. The zero-order valence-electron chi connectivity index (χ0n) is 15.7. The summed E-state index contributed by atoms with van der Waals surface area (Å²) in [5.41, 5.74) is 1.97. The molecule has 1 fully saturated rings. The van der Waals surface area contributed by atoms with Crippen LogP contribution in [0.1, 0.15) is 5.56 Å². The Kier molecular flexibility index (Phi) is 5.96. The topological polar surface area (TPSA) is 47.4 Å². The number of benzene rings is 2. The molecule has 2 aliphatic rings. The standard InChI is InChI=1S/C20H21F2N3O3S/c21-19(22)28-16-4-2-15(3-5-16)23-20(29)25-9-7-24(8-10-25)12-14-1-6-17-18(11-14)27-13-26-17/h1-6,11,19H,7-10,12-13H2,(H,23,29)/p+1. The van der Waals surface area contributed by atoms with Crippen molar-refractivity contribution in [3.05, 3.63) is 48.0 Å². The van der Waals surface area contributed by atoms with Crippen molar-refractivity contribution in [3.63, 3.8) is 0 Å². The van der Waals surface area contributed by atoms with Crippen molar-refractivity contribution in [2.45, 2.75) is 13.2 Å². The Labute approximate surface area is 172 Å². The zero-order chi connectivity index (χ0) is 20.2. The highest BCUT2D eigenvalue weighted by Crippen LogP contribution is 2.32. The van der Waals surface area contributed by atoms with E-state index in [9.17, 15) is 8.78 Å². The minimum Gasteiger partial charge on any atom is -0.454 e. The van der Waals surface area contributed by atoms with E-state index in [1.165, 1.54) is 22.6 Å². The normalized spacial score (nSPS) is 16.2. The van der Waals surface area contributed by atoms with Crippen molar-refractivity contribution in [1.82, 2.24) is 4.90 Å². The molecular formula is C20H22F2N3O3S+. The van der Waals surface area contributed by atoms with Crippen LogP contribution in [0.3, 0.4) is 0 Å². The Hall–Kier alpha value is -2.65. The fourth-order valence-corrected chi connectivity index (χ4v) is 3.77. The predicted octanol–water partition coefficient (Wildman–Crippen LogP) is 2.11. The Morgan fingerprint density at radius 2 is 1.83 bits per heavy atom. The van der Waals surface area contributed by atoms with E-state index in [0.29, 0.717) is 5.11 Å². The number of fused-ring (bicyclic) bond motifs is 1. The summed E-state index contributed by atoms with van der Waals surface area (Å²) in [4.78, 5) is 3.61. The van der Waals surface area contributed by atoms with Crippen molar-refractivity contribution < 1.29 is 27.9 Å². The Morgan fingerprint density at radius 3 is 2.55 bits per heavy atom. The van der Waals surface area contributed by atoms with Crippen molar-refractivity contribution in [2.24, 2.45) is 0 Å². The molecule has 29 heavy (non-hydrogen) atoms. The number of alkyl halides is 2. The van der Waals surface area contributed by atoms with E-state index in [4.69, 9.17) is 21.7 Å². The molecule has 0 atom stereocenters. The number of halogens is 2. The lowest BCUT2D eigenvalue weighted by Gasteiger charge is -2.34. The molecule has 154 valence electrons. The molecule has 6 nitrogen and oxygen atoms in total. The van der Waals surface area contributed by atoms with Gasteiger partial charge in [-0.15, -0.1) is 0 Å². The first-order valence-corrected chi connectivity index (χ1v) is 9.80. The molecule has 2 aromatic carbocycles. The smallest absolute Gasteiger partial charge is 0.387 e. The first-order chi connectivity index (χ1) is 14.1. The Morgan fingerprint density at radius 1 is 1.10 bits per heavy atom. The fourth-order valence-electron chi connectivity index (χ4n) is 3.46. The number of hydrogen-bond acceptors (Lipinski definition) is 4. The monoisotopic (exact) mass is 422 g/mol. The lowest BCUT2D eigenvalue weighted by Crippen LogP contribution is -3.13. The molecule has 9 heteroatoms. The van der Waals surface area contributed by atoms with Gasteiger partial charge in [0.2, 0.25) is 6.79 Å². The molecule has 4 rings (SSSR count). The van der Waals surface area contributed by atoms with Crippen LogP contribution in [0, 0.1) is 0 Å². The van der Waals surface area contributed by atoms with E-state index in [0.717, 1.165) is 49.9 Å². The number of rotatable bonds is 5. The largest absolute Gasteiger partial charge is 0.454 e. The molecule has 0 aromatic heterocycles. The van der Waals surface area contributed by atoms with Gasteiger partial charge in [0.05, 0.1) is 26.2 Å². The van der Waals surface area contributed by atoms with E-state index < -0.39 is 6.61 Å². The molecular weight excluding hydrogens is 400 g/mol. The van der Waals surface area contributed by atoms with E-state index in [1.807, 2.05) is 6.07 Å². The molecule has 0 saturated carbocycles. The van der Waals surface area contributed by atoms with Crippen LogP contribution in [0.25, 0.3) is 0 Å². The summed E-state index contributed by atoms with van der Waals surface area (Å²) in [6.07, 6.45) is 0. The van der Waals surface area contributed by atoms with Crippen LogP contribution in [0.5, 0.6) is 17.2 Å². The number of piperazine rings is 1. The van der Waals surface area contributed by atoms with Crippen LogP contribution >= 0.6 is 12.2 Å². The van der Waals surface area contributed by atoms with Crippen LogP contribution in [-0.4, -0.2) is 49.6 Å². The third-order valence-corrected chi connectivity index (χ3v) is 5.34. The maximum atomic E-state index is 12.2. The number of hydrogen-bond donors (Lipinski definition) is 2. The zero-order valence-corrected chi connectivity index (χ0v) is 16.5. The van der Waals surface area contributed by atoms with Crippen LogP contribution in [0.4, 0.5) is 14.5 Å².